The van der Waals surface area contributed by atoms with Crippen LogP contribution in [0.25, 0.3) is 0 Å². The SMILES string of the molecule is O=CNc1ccc(N2CCN(c3ccc(OC[C@@H]4CO[C@@](Cn5cncn5)(c5ccc(F)cc5F)C4)cc3)CC2)cc1. The van der Waals surface area contributed by atoms with Crippen molar-refractivity contribution in [3.05, 3.63) is 96.6 Å². The molecule has 2 aliphatic heterocycles. The van der Waals surface area contributed by atoms with E-state index in [9.17, 15) is 13.6 Å². The average molecular weight is 575 g/mol. The number of carbonyl (C=O) groups is 1. The van der Waals surface area contributed by atoms with E-state index in [0.29, 0.717) is 31.6 Å². The van der Waals surface area contributed by atoms with E-state index in [2.05, 4.69) is 37.3 Å². The Balaban J connectivity index is 1.04. The minimum absolute atomic E-state index is 0.00835. The Morgan fingerprint density at radius 1 is 0.976 bits per heavy atom. The van der Waals surface area contributed by atoms with Gasteiger partial charge in [0.25, 0.3) is 0 Å². The topological polar surface area (TPSA) is 84.8 Å². The lowest BCUT2D eigenvalue weighted by molar-refractivity contribution is -0.105. The van der Waals surface area contributed by atoms with Crippen molar-refractivity contribution in [2.75, 3.05) is 54.5 Å². The van der Waals surface area contributed by atoms with E-state index >= 15 is 0 Å². The molecule has 1 amide bonds. The highest BCUT2D eigenvalue weighted by Crippen LogP contribution is 2.42. The van der Waals surface area contributed by atoms with E-state index in [4.69, 9.17) is 9.47 Å². The molecule has 1 N–H and O–H groups in total. The lowest BCUT2D eigenvalue weighted by Gasteiger charge is -2.37. The summed E-state index contributed by atoms with van der Waals surface area (Å²) in [6, 6.07) is 19.5. The zero-order valence-electron chi connectivity index (χ0n) is 23.0. The summed E-state index contributed by atoms with van der Waals surface area (Å²) in [7, 11) is 0. The average Bonchev–Trinajstić information content (AvgIpc) is 3.68. The van der Waals surface area contributed by atoms with Crippen molar-refractivity contribution < 1.29 is 23.0 Å². The first-order chi connectivity index (χ1) is 20.5. The molecule has 11 heteroatoms. The second-order valence-corrected chi connectivity index (χ2v) is 10.7. The molecule has 2 saturated heterocycles. The van der Waals surface area contributed by atoms with Crippen molar-refractivity contribution in [1.29, 1.82) is 0 Å². The molecule has 2 atom stereocenters. The van der Waals surface area contributed by atoms with Gasteiger partial charge in [0.1, 0.15) is 35.6 Å². The van der Waals surface area contributed by atoms with Crippen molar-refractivity contribution in [3.63, 3.8) is 0 Å². The Labute approximate surface area is 242 Å². The van der Waals surface area contributed by atoms with Gasteiger partial charge >= 0.3 is 0 Å². The molecule has 2 fully saturated rings. The zero-order chi connectivity index (χ0) is 28.9. The van der Waals surface area contributed by atoms with Crippen molar-refractivity contribution in [1.82, 2.24) is 14.8 Å². The first-order valence-corrected chi connectivity index (χ1v) is 14.0. The largest absolute Gasteiger partial charge is 0.493 e. The Morgan fingerprint density at radius 3 is 2.29 bits per heavy atom. The minimum atomic E-state index is -1.00. The molecule has 0 spiro atoms. The van der Waals surface area contributed by atoms with Crippen LogP contribution in [-0.2, 0) is 21.7 Å². The van der Waals surface area contributed by atoms with E-state index in [1.165, 1.54) is 18.5 Å². The van der Waals surface area contributed by atoms with E-state index < -0.39 is 17.2 Å². The Morgan fingerprint density at radius 2 is 1.67 bits per heavy atom. The van der Waals surface area contributed by atoms with Gasteiger partial charge in [0.2, 0.25) is 6.41 Å². The number of piperazine rings is 1. The molecule has 3 aromatic carbocycles. The van der Waals surface area contributed by atoms with Crippen LogP contribution in [0.1, 0.15) is 12.0 Å². The molecule has 6 rings (SSSR count). The summed E-state index contributed by atoms with van der Waals surface area (Å²) in [5.74, 6) is -0.509. The van der Waals surface area contributed by atoms with Crippen LogP contribution >= 0.6 is 0 Å². The first-order valence-electron chi connectivity index (χ1n) is 14.0. The number of amides is 1. The fourth-order valence-electron chi connectivity index (χ4n) is 5.81. The number of hydrogen-bond donors (Lipinski definition) is 1. The number of nitrogens with zero attached hydrogens (tertiary/aromatic N) is 5. The third kappa shape index (κ3) is 6.06. The summed E-state index contributed by atoms with van der Waals surface area (Å²) in [5, 5.41) is 6.83. The number of halogens is 2. The summed E-state index contributed by atoms with van der Waals surface area (Å²) in [4.78, 5) is 19.3. The number of ether oxygens (including phenoxy) is 2. The molecule has 0 aliphatic carbocycles. The van der Waals surface area contributed by atoms with Crippen molar-refractivity contribution >= 4 is 23.5 Å². The van der Waals surface area contributed by atoms with Crippen molar-refractivity contribution in [2.24, 2.45) is 5.92 Å². The van der Waals surface area contributed by atoms with Gasteiger partial charge in [-0.15, -0.1) is 0 Å². The van der Waals surface area contributed by atoms with Crippen LogP contribution in [0.5, 0.6) is 5.75 Å². The number of nitrogens with one attached hydrogen (secondary N) is 1. The smallest absolute Gasteiger partial charge is 0.211 e. The standard InChI is InChI=1S/C31H32F2N6O3/c32-24-1-10-29(30(33)15-24)31(19-39-21-34-20-36-39)16-23(18-42-31)17-41-28-8-6-27(7-9-28)38-13-11-37(12-14-38)26-4-2-25(3-5-26)35-22-40/h1-10,15,20-23H,11-14,16-19H2,(H,35,40)/t23-,31+/m1/s1. The zero-order valence-corrected chi connectivity index (χ0v) is 23.0. The van der Waals surface area contributed by atoms with Crippen LogP contribution in [-0.4, -0.2) is 60.6 Å². The van der Waals surface area contributed by atoms with Gasteiger partial charge in [0.15, 0.2) is 0 Å². The van der Waals surface area contributed by atoms with Gasteiger partial charge in [0.05, 0.1) is 19.8 Å². The number of hydrogen-bond acceptors (Lipinski definition) is 7. The predicted molar refractivity (Wildman–Crippen MR) is 155 cm³/mol. The van der Waals surface area contributed by atoms with Crippen LogP contribution in [0.2, 0.25) is 0 Å². The van der Waals surface area contributed by atoms with Gasteiger partial charge in [-0.25, -0.2) is 18.4 Å². The minimum Gasteiger partial charge on any atom is -0.493 e. The maximum Gasteiger partial charge on any atom is 0.211 e. The molecule has 4 aromatic rings. The number of anilines is 3. The molecule has 9 nitrogen and oxygen atoms in total. The second-order valence-electron chi connectivity index (χ2n) is 10.7. The number of carbonyl (C=O) groups excluding carboxylic acids is 1. The molecule has 42 heavy (non-hydrogen) atoms. The molecular weight excluding hydrogens is 542 g/mol. The third-order valence-corrected chi connectivity index (χ3v) is 7.94. The van der Waals surface area contributed by atoms with E-state index in [1.807, 2.05) is 36.4 Å². The molecule has 3 heterocycles. The summed E-state index contributed by atoms with van der Waals surface area (Å²) >= 11 is 0. The van der Waals surface area contributed by atoms with Gasteiger partial charge in [-0.2, -0.15) is 5.10 Å². The van der Waals surface area contributed by atoms with Crippen LogP contribution in [0.3, 0.4) is 0 Å². The quantitative estimate of drug-likeness (QED) is 0.280. The molecule has 0 radical (unpaired) electrons. The van der Waals surface area contributed by atoms with Crippen molar-refractivity contribution in [2.45, 2.75) is 18.6 Å². The molecule has 218 valence electrons. The summed E-state index contributed by atoms with van der Waals surface area (Å²) < 4.78 is 42.5. The fourth-order valence-corrected chi connectivity index (χ4v) is 5.81. The van der Waals surface area contributed by atoms with Gasteiger partial charge < -0.3 is 24.6 Å². The van der Waals surface area contributed by atoms with Gasteiger partial charge in [-0.3, -0.25) is 4.79 Å². The number of aromatic nitrogens is 3. The molecule has 0 saturated carbocycles. The van der Waals surface area contributed by atoms with Crippen LogP contribution in [0.4, 0.5) is 25.8 Å². The second kappa shape index (κ2) is 12.2. The summed E-state index contributed by atoms with van der Waals surface area (Å²) in [5.41, 5.74) is 2.36. The van der Waals surface area contributed by atoms with Gasteiger partial charge in [-0.05, 0) is 61.0 Å². The van der Waals surface area contributed by atoms with Crippen LogP contribution < -0.4 is 19.9 Å². The third-order valence-electron chi connectivity index (χ3n) is 7.94. The highest BCUT2D eigenvalue weighted by atomic mass is 19.1. The lowest BCUT2D eigenvalue weighted by Crippen LogP contribution is -2.46. The Bertz CT molecular complexity index is 1480. The normalized spacial score (nSPS) is 20.5. The first kappa shape index (κ1) is 27.6. The maximum absolute atomic E-state index is 14.9. The molecule has 2 aliphatic rings. The van der Waals surface area contributed by atoms with E-state index in [-0.39, 0.29) is 12.5 Å². The van der Waals surface area contributed by atoms with Crippen LogP contribution in [0.15, 0.2) is 79.4 Å². The van der Waals surface area contributed by atoms with Crippen LogP contribution in [0, 0.1) is 17.6 Å². The van der Waals surface area contributed by atoms with E-state index in [0.717, 1.165) is 55.1 Å². The Hall–Kier alpha value is -4.51. The van der Waals surface area contributed by atoms with Crippen molar-refractivity contribution in [3.8, 4) is 5.75 Å². The molecule has 0 bridgehead atoms. The maximum atomic E-state index is 14.9. The van der Waals surface area contributed by atoms with Gasteiger partial charge in [-0.1, -0.05) is 6.07 Å². The highest BCUT2D eigenvalue weighted by molar-refractivity contribution is 5.72. The monoisotopic (exact) mass is 574 g/mol. The molecule has 1 aromatic heterocycles. The fraction of sp³-hybridized carbons (Fsp3) is 0.323. The molecular formula is C31H32F2N6O3. The highest BCUT2D eigenvalue weighted by Gasteiger charge is 2.44. The summed E-state index contributed by atoms with van der Waals surface area (Å²) in [6.45, 7) is 4.61. The number of benzene rings is 3. The summed E-state index contributed by atoms with van der Waals surface area (Å²) in [6.07, 6.45) is 4.15. The number of rotatable bonds is 10. The molecule has 0 unspecified atom stereocenters. The predicted octanol–water partition coefficient (Wildman–Crippen LogP) is 4.46. The van der Waals surface area contributed by atoms with Gasteiger partial charge in [0, 0.05) is 60.8 Å². The lowest BCUT2D eigenvalue weighted by atomic mass is 9.87. The Kier molecular flexibility index (Phi) is 8.00. The van der Waals surface area contributed by atoms with E-state index in [1.54, 1.807) is 11.0 Å².